The predicted octanol–water partition coefficient (Wildman–Crippen LogP) is 2.02. The van der Waals surface area contributed by atoms with Crippen LogP contribution in [-0.4, -0.2) is 24.4 Å². The second-order valence-electron chi connectivity index (χ2n) is 5.50. The highest BCUT2D eigenvalue weighted by molar-refractivity contribution is 5.82. The van der Waals surface area contributed by atoms with E-state index in [9.17, 15) is 20.0 Å². The lowest BCUT2D eigenvalue weighted by molar-refractivity contribution is -0.384. The van der Waals surface area contributed by atoms with Crippen LogP contribution < -0.4 is 11.3 Å². The van der Waals surface area contributed by atoms with Crippen molar-refractivity contribution in [2.75, 3.05) is 0 Å². The van der Waals surface area contributed by atoms with Gasteiger partial charge in [0, 0.05) is 17.5 Å². The highest BCUT2D eigenvalue weighted by atomic mass is 16.6. The quantitative estimate of drug-likeness (QED) is 0.423. The molecule has 2 N–H and O–H groups in total. The normalized spacial score (nSPS) is 11.9. The van der Waals surface area contributed by atoms with Crippen molar-refractivity contribution in [2.24, 2.45) is 4.99 Å². The van der Waals surface area contributed by atoms with E-state index in [0.717, 1.165) is 4.40 Å². The molecule has 0 saturated heterocycles. The second kappa shape index (κ2) is 5.81. The molecule has 2 heterocycles. The average molecular weight is 349 g/mol. The van der Waals surface area contributed by atoms with Crippen LogP contribution in [0.2, 0.25) is 0 Å². The molecule has 0 saturated carbocycles. The van der Waals surface area contributed by atoms with E-state index in [1.807, 2.05) is 6.07 Å². The molecule has 9 heteroatoms. The van der Waals surface area contributed by atoms with Crippen LogP contribution in [0, 0.1) is 10.1 Å². The van der Waals surface area contributed by atoms with E-state index in [1.165, 1.54) is 24.3 Å². The van der Waals surface area contributed by atoms with Gasteiger partial charge in [-0.15, -0.1) is 0 Å². The van der Waals surface area contributed by atoms with Crippen molar-refractivity contribution in [2.45, 2.75) is 0 Å². The summed E-state index contributed by atoms with van der Waals surface area (Å²) in [7, 11) is 0. The fraction of sp³-hybridized carbons (Fsp3) is 0. The third-order valence-electron chi connectivity index (χ3n) is 3.85. The number of non-ortho nitro benzene ring substituents is 1. The summed E-state index contributed by atoms with van der Waals surface area (Å²) in [6.45, 7) is 0. The standard InChI is InChI=1S/C17H11N5O4/c23-15-14-9-10-3-1-2-4-13(10)19-16(21(14)17(24)20-15)18-11-5-7-12(8-6-11)22(25)26/h1-9,23H,(H,20,24). The van der Waals surface area contributed by atoms with Gasteiger partial charge in [-0.2, -0.15) is 0 Å². The van der Waals surface area contributed by atoms with Gasteiger partial charge in [-0.05, 0) is 24.3 Å². The fourth-order valence-corrected chi connectivity index (χ4v) is 2.62. The fourth-order valence-electron chi connectivity index (χ4n) is 2.62. The first-order chi connectivity index (χ1) is 12.5. The van der Waals surface area contributed by atoms with Gasteiger partial charge in [-0.25, -0.2) is 19.2 Å². The Hall–Kier alpha value is -4.01. The number of aromatic amines is 1. The molecule has 0 radical (unpaired) electrons. The van der Waals surface area contributed by atoms with E-state index in [1.54, 1.807) is 24.3 Å². The third-order valence-corrected chi connectivity index (χ3v) is 3.85. The topological polar surface area (TPSA) is 126 Å². The number of hydrogen-bond acceptors (Lipinski definition) is 6. The maximum atomic E-state index is 12.2. The number of nitro groups is 1. The lowest BCUT2D eigenvalue weighted by atomic mass is 10.2. The van der Waals surface area contributed by atoms with Crippen LogP contribution in [0.1, 0.15) is 0 Å². The van der Waals surface area contributed by atoms with Gasteiger partial charge < -0.3 is 5.11 Å². The van der Waals surface area contributed by atoms with Gasteiger partial charge in [-0.3, -0.25) is 15.1 Å². The molecule has 0 unspecified atom stereocenters. The van der Waals surface area contributed by atoms with Crippen molar-refractivity contribution in [3.8, 4) is 5.88 Å². The molecule has 0 aliphatic carbocycles. The number of nitrogens with zero attached hydrogens (tertiary/aromatic N) is 4. The Morgan fingerprint density at radius 3 is 2.62 bits per heavy atom. The number of nitrogens with one attached hydrogen (secondary N) is 1. The zero-order valence-corrected chi connectivity index (χ0v) is 13.2. The van der Waals surface area contributed by atoms with E-state index in [0.29, 0.717) is 16.6 Å². The van der Waals surface area contributed by atoms with Crippen LogP contribution in [0.3, 0.4) is 0 Å². The molecule has 0 bridgehead atoms. The average Bonchev–Trinajstić information content (AvgIpc) is 2.80. The van der Waals surface area contributed by atoms with Gasteiger partial charge >= 0.3 is 5.69 Å². The minimum Gasteiger partial charge on any atom is -0.493 e. The number of hydrogen-bond donors (Lipinski definition) is 2. The number of nitro benzene ring substituents is 1. The minimum absolute atomic E-state index is 0.0385. The smallest absolute Gasteiger partial charge is 0.335 e. The van der Waals surface area contributed by atoms with Crippen LogP contribution in [0.25, 0.3) is 16.4 Å². The Balaban J connectivity index is 2.09. The molecule has 2 aromatic carbocycles. The molecular weight excluding hydrogens is 338 g/mol. The Bertz CT molecular complexity index is 1290. The number of fused-ring (bicyclic) bond motifs is 2. The first-order valence-electron chi connectivity index (χ1n) is 7.56. The van der Waals surface area contributed by atoms with E-state index < -0.39 is 10.6 Å². The van der Waals surface area contributed by atoms with E-state index in [-0.39, 0.29) is 22.7 Å². The summed E-state index contributed by atoms with van der Waals surface area (Å²) in [6.07, 6.45) is 0. The largest absolute Gasteiger partial charge is 0.493 e. The number of rotatable bonds is 2. The van der Waals surface area contributed by atoms with E-state index >= 15 is 0 Å². The Morgan fingerprint density at radius 2 is 1.88 bits per heavy atom. The Morgan fingerprint density at radius 1 is 1.15 bits per heavy atom. The van der Waals surface area contributed by atoms with Crippen molar-refractivity contribution < 1.29 is 10.0 Å². The summed E-state index contributed by atoms with van der Waals surface area (Å²) < 4.78 is 1.15. The van der Waals surface area contributed by atoms with Gasteiger partial charge in [0.15, 0.2) is 0 Å². The minimum atomic E-state index is -0.592. The predicted molar refractivity (Wildman–Crippen MR) is 93.3 cm³/mol. The number of aromatic hydroxyl groups is 1. The molecule has 0 spiro atoms. The SMILES string of the molecule is O=c1[nH]c(O)c2cc3ccccc3nc(=Nc3ccc([N+](=O)[O-])cc3)n12. The van der Waals surface area contributed by atoms with Crippen molar-refractivity contribution in [3.05, 3.63) is 80.8 Å². The molecule has 9 nitrogen and oxygen atoms in total. The van der Waals surface area contributed by atoms with Gasteiger partial charge in [0.25, 0.3) is 5.69 Å². The molecule has 0 amide bonds. The molecule has 128 valence electrons. The number of imidazole rings is 1. The van der Waals surface area contributed by atoms with Crippen molar-refractivity contribution in [1.82, 2.24) is 14.4 Å². The maximum Gasteiger partial charge on any atom is 0.335 e. The molecule has 4 aromatic rings. The monoisotopic (exact) mass is 349 g/mol. The maximum absolute atomic E-state index is 12.2. The third kappa shape index (κ3) is 2.57. The zero-order valence-electron chi connectivity index (χ0n) is 13.2. The Kier molecular flexibility index (Phi) is 3.47. The second-order valence-corrected chi connectivity index (χ2v) is 5.50. The van der Waals surface area contributed by atoms with Crippen LogP contribution in [-0.2, 0) is 0 Å². The molecule has 26 heavy (non-hydrogen) atoms. The van der Waals surface area contributed by atoms with Crippen LogP contribution >= 0.6 is 0 Å². The van der Waals surface area contributed by atoms with Gasteiger partial charge in [0.2, 0.25) is 11.5 Å². The molecule has 0 aliphatic heterocycles. The molecule has 2 aromatic heterocycles. The van der Waals surface area contributed by atoms with Gasteiger partial charge in [0.1, 0.15) is 5.52 Å². The summed E-state index contributed by atoms with van der Waals surface area (Å²) in [5.74, 6) is -0.293. The van der Waals surface area contributed by atoms with Gasteiger partial charge in [0.05, 0.1) is 16.1 Å². The first kappa shape index (κ1) is 15.5. The van der Waals surface area contributed by atoms with Crippen molar-refractivity contribution >= 4 is 27.8 Å². The Labute approximate surface area is 144 Å². The lowest BCUT2D eigenvalue weighted by Gasteiger charge is -1.94. The molecule has 4 rings (SSSR count). The highest BCUT2D eigenvalue weighted by Gasteiger charge is 2.09. The summed E-state index contributed by atoms with van der Waals surface area (Å²) in [5.41, 5.74) is 0.567. The van der Waals surface area contributed by atoms with Crippen LogP contribution in [0.5, 0.6) is 5.88 Å². The summed E-state index contributed by atoms with van der Waals surface area (Å²) >= 11 is 0. The molecule has 0 atom stereocenters. The van der Waals surface area contributed by atoms with E-state index in [4.69, 9.17) is 0 Å². The number of aromatic nitrogens is 3. The van der Waals surface area contributed by atoms with E-state index in [2.05, 4.69) is 15.0 Å². The number of H-pyrrole nitrogens is 1. The number of benzene rings is 2. The zero-order chi connectivity index (χ0) is 18.3. The summed E-state index contributed by atoms with van der Waals surface area (Å²) in [6, 6.07) is 14.3. The van der Waals surface area contributed by atoms with Crippen LogP contribution in [0.15, 0.2) is 64.4 Å². The molecule has 0 fully saturated rings. The van der Waals surface area contributed by atoms with Crippen molar-refractivity contribution in [1.29, 1.82) is 0 Å². The first-order valence-corrected chi connectivity index (χ1v) is 7.56. The van der Waals surface area contributed by atoms with Gasteiger partial charge in [-0.1, -0.05) is 18.2 Å². The molecular formula is C17H11N5O4. The van der Waals surface area contributed by atoms with Crippen molar-refractivity contribution in [3.63, 3.8) is 0 Å². The summed E-state index contributed by atoms with van der Waals surface area (Å²) in [5, 5.41) is 21.5. The molecule has 0 aliphatic rings. The number of para-hydroxylation sites is 1. The lowest BCUT2D eigenvalue weighted by Crippen LogP contribution is -2.25. The highest BCUT2D eigenvalue weighted by Crippen LogP contribution is 2.18. The van der Waals surface area contributed by atoms with Crippen LogP contribution in [0.4, 0.5) is 11.4 Å². The summed E-state index contributed by atoms with van der Waals surface area (Å²) in [4.78, 5) is 33.6.